The fourth-order valence-corrected chi connectivity index (χ4v) is 7.83. The van der Waals surface area contributed by atoms with Gasteiger partial charge in [0.15, 0.2) is 11.6 Å². The molecule has 0 radical (unpaired) electrons. The number of amides is 2. The topological polar surface area (TPSA) is 121 Å². The molecule has 240 valence electrons. The van der Waals surface area contributed by atoms with Crippen molar-refractivity contribution in [3.05, 3.63) is 142 Å². The number of imide groups is 1. The van der Waals surface area contributed by atoms with Crippen LogP contribution in [0.4, 0.5) is 0 Å². The van der Waals surface area contributed by atoms with Crippen LogP contribution in [0, 0.1) is 11.8 Å². The molecule has 0 bridgehead atoms. The van der Waals surface area contributed by atoms with Crippen LogP contribution in [-0.2, 0) is 20.9 Å². The standard InChI is InChI=1S/C39H32N2O6S/c1-48-20-19-39(38(46)47)32-31(33(40-39)26-16-13-24(14-17-26)12-11-23-7-3-2-4-8-23)36(44)41(37(32)45)22-25-15-18-29-30(21-25)35(43)28-10-6-5-9-27(28)34(29)42/h2-18,21,31-33,40H,19-20,22H2,1H3,(H,46,47)/b12-11+. The first-order valence-electron chi connectivity index (χ1n) is 15.7. The zero-order valence-corrected chi connectivity index (χ0v) is 26.9. The molecule has 0 aromatic heterocycles. The van der Waals surface area contributed by atoms with E-state index in [4.69, 9.17) is 0 Å². The average Bonchev–Trinajstić information content (AvgIpc) is 3.59. The maximum absolute atomic E-state index is 14.2. The summed E-state index contributed by atoms with van der Waals surface area (Å²) in [4.78, 5) is 69.0. The molecule has 4 aromatic rings. The second-order valence-corrected chi connectivity index (χ2v) is 13.4. The van der Waals surface area contributed by atoms with Crippen LogP contribution in [0.5, 0.6) is 0 Å². The van der Waals surface area contributed by atoms with Gasteiger partial charge in [0.05, 0.1) is 18.4 Å². The van der Waals surface area contributed by atoms with Gasteiger partial charge in [0, 0.05) is 28.3 Å². The number of carbonyl (C=O) groups excluding carboxylic acids is 4. The van der Waals surface area contributed by atoms with E-state index in [0.29, 0.717) is 28.0 Å². The molecule has 3 aliphatic rings. The van der Waals surface area contributed by atoms with Crippen LogP contribution in [0.2, 0.25) is 0 Å². The molecule has 8 nitrogen and oxygen atoms in total. The first-order chi connectivity index (χ1) is 23.2. The SMILES string of the molecule is CSCCC1(C(=O)O)NC(c2ccc(/C=C/c3ccccc3)cc2)C2C(=O)N(Cc3ccc4c(c3)C(=O)c3ccccc3C4=O)C(=O)C21. The van der Waals surface area contributed by atoms with Gasteiger partial charge >= 0.3 is 5.97 Å². The van der Waals surface area contributed by atoms with E-state index >= 15 is 0 Å². The number of ketones is 2. The van der Waals surface area contributed by atoms with Gasteiger partial charge in [-0.1, -0.05) is 97.1 Å². The maximum atomic E-state index is 14.2. The lowest BCUT2D eigenvalue weighted by molar-refractivity contribution is -0.151. The van der Waals surface area contributed by atoms with E-state index in [1.807, 2.05) is 73.0 Å². The second-order valence-electron chi connectivity index (χ2n) is 12.4. The monoisotopic (exact) mass is 656 g/mol. The Morgan fingerprint density at radius 2 is 1.40 bits per heavy atom. The molecular formula is C39H32N2O6S. The van der Waals surface area contributed by atoms with Crippen molar-refractivity contribution >= 4 is 53.3 Å². The molecule has 1 aliphatic carbocycles. The van der Waals surface area contributed by atoms with Crippen molar-refractivity contribution in [3.63, 3.8) is 0 Å². The highest BCUT2D eigenvalue weighted by molar-refractivity contribution is 7.98. The van der Waals surface area contributed by atoms with Crippen LogP contribution in [0.15, 0.2) is 97.1 Å². The molecule has 4 aromatic carbocycles. The number of likely N-dealkylation sites (tertiary alicyclic amines) is 1. The summed E-state index contributed by atoms with van der Waals surface area (Å²) in [5.41, 5.74) is 2.70. The maximum Gasteiger partial charge on any atom is 0.324 e. The third-order valence-corrected chi connectivity index (χ3v) is 10.3. The molecule has 2 N–H and O–H groups in total. The fourth-order valence-electron chi connectivity index (χ4n) is 7.30. The zero-order valence-electron chi connectivity index (χ0n) is 26.1. The third kappa shape index (κ3) is 5.19. The Kier molecular flexibility index (Phi) is 8.19. The van der Waals surface area contributed by atoms with E-state index in [1.165, 1.54) is 11.8 Å². The normalized spacial score (nSPS) is 23.0. The predicted molar refractivity (Wildman–Crippen MR) is 183 cm³/mol. The minimum atomic E-state index is -1.65. The average molecular weight is 657 g/mol. The highest BCUT2D eigenvalue weighted by Crippen LogP contribution is 2.50. The van der Waals surface area contributed by atoms with Gasteiger partial charge in [-0.25, -0.2) is 0 Å². The number of hydrogen-bond donors (Lipinski definition) is 2. The van der Waals surface area contributed by atoms with Crippen molar-refractivity contribution in [2.75, 3.05) is 12.0 Å². The molecule has 0 saturated carbocycles. The molecule has 7 rings (SSSR count). The number of nitrogens with zero attached hydrogens (tertiary/aromatic N) is 1. The number of rotatable bonds is 9. The van der Waals surface area contributed by atoms with Gasteiger partial charge in [0.2, 0.25) is 11.8 Å². The van der Waals surface area contributed by atoms with Crippen LogP contribution >= 0.6 is 11.8 Å². The number of thioether (sulfide) groups is 1. The quantitative estimate of drug-likeness (QED) is 0.154. The summed E-state index contributed by atoms with van der Waals surface area (Å²) in [6.07, 6.45) is 6.00. The van der Waals surface area contributed by atoms with Crippen molar-refractivity contribution in [1.29, 1.82) is 0 Å². The van der Waals surface area contributed by atoms with Crippen LogP contribution < -0.4 is 5.32 Å². The first kappa shape index (κ1) is 31.5. The Morgan fingerprint density at radius 3 is 2.04 bits per heavy atom. The molecule has 0 spiro atoms. The van der Waals surface area contributed by atoms with Gasteiger partial charge in [0.1, 0.15) is 5.54 Å². The summed E-state index contributed by atoms with van der Waals surface area (Å²) in [6, 6.07) is 28.2. The lowest BCUT2D eigenvalue weighted by Crippen LogP contribution is -2.56. The van der Waals surface area contributed by atoms with E-state index in [0.717, 1.165) is 16.0 Å². The number of aliphatic carboxylic acids is 1. The molecule has 2 fully saturated rings. The number of fused-ring (bicyclic) bond motifs is 3. The number of carbonyl (C=O) groups is 5. The number of benzene rings is 4. The summed E-state index contributed by atoms with van der Waals surface area (Å²) in [5, 5.41) is 13.9. The van der Waals surface area contributed by atoms with Crippen LogP contribution in [0.25, 0.3) is 12.2 Å². The second kappa shape index (κ2) is 12.5. The Hall–Kier alpha value is -5.12. The number of carboxylic acid groups (broad SMARTS) is 1. The van der Waals surface area contributed by atoms with Gasteiger partial charge in [-0.2, -0.15) is 11.8 Å². The molecule has 9 heteroatoms. The van der Waals surface area contributed by atoms with Crippen LogP contribution in [0.1, 0.15) is 66.6 Å². The fraction of sp³-hybridized carbons (Fsp3) is 0.205. The molecule has 4 unspecified atom stereocenters. The van der Waals surface area contributed by atoms with Crippen molar-refractivity contribution in [2.45, 2.75) is 24.5 Å². The molecule has 48 heavy (non-hydrogen) atoms. The van der Waals surface area contributed by atoms with Crippen molar-refractivity contribution in [1.82, 2.24) is 10.2 Å². The van der Waals surface area contributed by atoms with Gasteiger partial charge in [-0.3, -0.25) is 34.2 Å². The number of carboxylic acids is 1. The zero-order chi connectivity index (χ0) is 33.6. The first-order valence-corrected chi connectivity index (χ1v) is 17.1. The number of nitrogens with one attached hydrogen (secondary N) is 1. The van der Waals surface area contributed by atoms with E-state index < -0.39 is 41.2 Å². The van der Waals surface area contributed by atoms with Crippen LogP contribution in [-0.4, -0.2) is 56.9 Å². The van der Waals surface area contributed by atoms with Crippen LogP contribution in [0.3, 0.4) is 0 Å². The van der Waals surface area contributed by atoms with Gasteiger partial charge < -0.3 is 5.11 Å². The van der Waals surface area contributed by atoms with Gasteiger partial charge in [-0.05, 0) is 52.8 Å². The summed E-state index contributed by atoms with van der Waals surface area (Å²) in [6.45, 7) is -0.144. The van der Waals surface area contributed by atoms with Crippen molar-refractivity contribution < 1.29 is 29.1 Å². The highest BCUT2D eigenvalue weighted by Gasteiger charge is 2.68. The Balaban J connectivity index is 1.20. The molecule has 2 aliphatic heterocycles. The van der Waals surface area contributed by atoms with Crippen molar-refractivity contribution in [2.24, 2.45) is 11.8 Å². The summed E-state index contributed by atoms with van der Waals surface area (Å²) in [5.74, 6) is -4.33. The summed E-state index contributed by atoms with van der Waals surface area (Å²) >= 11 is 1.47. The smallest absolute Gasteiger partial charge is 0.324 e. The molecular weight excluding hydrogens is 625 g/mol. The minimum Gasteiger partial charge on any atom is -0.480 e. The van der Waals surface area contributed by atoms with Gasteiger partial charge in [-0.15, -0.1) is 0 Å². The van der Waals surface area contributed by atoms with Gasteiger partial charge in [0.25, 0.3) is 0 Å². The summed E-state index contributed by atoms with van der Waals surface area (Å²) in [7, 11) is 0. The van der Waals surface area contributed by atoms with E-state index in [9.17, 15) is 29.1 Å². The highest BCUT2D eigenvalue weighted by atomic mass is 32.2. The molecule has 4 atom stereocenters. The van der Waals surface area contributed by atoms with E-state index in [1.54, 1.807) is 42.5 Å². The van der Waals surface area contributed by atoms with E-state index in [2.05, 4.69) is 5.32 Å². The Morgan fingerprint density at radius 1 is 0.792 bits per heavy atom. The molecule has 2 saturated heterocycles. The third-order valence-electron chi connectivity index (χ3n) is 9.72. The molecule has 2 amide bonds. The largest absolute Gasteiger partial charge is 0.480 e. The Labute approximate surface area is 281 Å². The lowest BCUT2D eigenvalue weighted by atomic mass is 9.78. The Bertz CT molecular complexity index is 2010. The van der Waals surface area contributed by atoms with Crippen molar-refractivity contribution in [3.8, 4) is 0 Å². The summed E-state index contributed by atoms with van der Waals surface area (Å²) < 4.78 is 0. The number of hydrogen-bond acceptors (Lipinski definition) is 7. The minimum absolute atomic E-state index is 0.144. The van der Waals surface area contributed by atoms with E-state index in [-0.39, 0.29) is 35.7 Å². The predicted octanol–water partition coefficient (Wildman–Crippen LogP) is 5.65. The molecule has 2 heterocycles. The lowest BCUT2D eigenvalue weighted by Gasteiger charge is -2.31.